The predicted molar refractivity (Wildman–Crippen MR) is 84.4 cm³/mol. The Morgan fingerprint density at radius 3 is 1.06 bits per heavy atom. The Hall–Kier alpha value is -0.0800. The summed E-state index contributed by atoms with van der Waals surface area (Å²) in [6.45, 7) is 3.16. The maximum absolute atomic E-state index is 5.47. The van der Waals surface area contributed by atoms with Gasteiger partial charge in [0.2, 0.25) is 0 Å². The molecule has 2 nitrogen and oxygen atoms in total. The molecule has 0 aromatic rings. The molecule has 0 saturated carbocycles. The van der Waals surface area contributed by atoms with Crippen molar-refractivity contribution in [1.82, 2.24) is 6.15 Å². The maximum Gasteiger partial charge on any atom is -0.00773 e. The van der Waals surface area contributed by atoms with Gasteiger partial charge in [0.25, 0.3) is 0 Å². The van der Waals surface area contributed by atoms with Gasteiger partial charge in [-0.15, -0.1) is 0 Å². The van der Waals surface area contributed by atoms with Gasteiger partial charge in [-0.2, -0.15) is 0 Å². The van der Waals surface area contributed by atoms with E-state index in [9.17, 15) is 0 Å². The van der Waals surface area contributed by atoms with Crippen LogP contribution < -0.4 is 11.9 Å². The van der Waals surface area contributed by atoms with Crippen molar-refractivity contribution in [2.75, 3.05) is 6.54 Å². The van der Waals surface area contributed by atoms with Gasteiger partial charge in [-0.3, -0.25) is 0 Å². The molecule has 0 bridgehead atoms. The van der Waals surface area contributed by atoms with Gasteiger partial charge in [-0.25, -0.2) is 0 Å². The zero-order valence-electron chi connectivity index (χ0n) is 12.9. The number of rotatable bonds is 14. The van der Waals surface area contributed by atoms with Crippen molar-refractivity contribution in [3.8, 4) is 0 Å². The summed E-state index contributed by atoms with van der Waals surface area (Å²) in [4.78, 5) is 0. The standard InChI is InChI=1S/C16H35N.H3N/c1-2-3-4-5-6-7-8-9-10-11-12-13-14-15-16-17;/h2-17H2,1H3;1H3. The Bertz CT molecular complexity index is 112. The quantitative estimate of drug-likeness (QED) is 0.399. The largest absolute Gasteiger partial charge is 0.344 e. The molecule has 0 saturated heterocycles. The summed E-state index contributed by atoms with van der Waals surface area (Å²) in [6.07, 6.45) is 19.9. The van der Waals surface area contributed by atoms with Crippen molar-refractivity contribution in [1.29, 1.82) is 0 Å². The molecule has 0 fully saturated rings. The summed E-state index contributed by atoms with van der Waals surface area (Å²) in [7, 11) is 0. The third kappa shape index (κ3) is 18.3. The molecule has 5 N–H and O–H groups in total. The molecule has 0 spiro atoms. The normalized spacial score (nSPS) is 10.3. The molecule has 0 aromatic heterocycles. The van der Waals surface area contributed by atoms with Crippen molar-refractivity contribution >= 4 is 0 Å². The molecule has 0 rings (SSSR count). The average Bonchev–Trinajstić information content (AvgIpc) is 2.35. The lowest BCUT2D eigenvalue weighted by atomic mass is 10.0. The van der Waals surface area contributed by atoms with Crippen LogP contribution in [0.4, 0.5) is 0 Å². The zero-order chi connectivity index (χ0) is 12.6. The van der Waals surface area contributed by atoms with E-state index in [1.807, 2.05) is 0 Å². The van der Waals surface area contributed by atoms with Crippen LogP contribution in [0, 0.1) is 0 Å². The van der Waals surface area contributed by atoms with Crippen LogP contribution in [0.5, 0.6) is 0 Å². The summed E-state index contributed by atoms with van der Waals surface area (Å²) < 4.78 is 0. The summed E-state index contributed by atoms with van der Waals surface area (Å²) in [5.41, 5.74) is 5.47. The van der Waals surface area contributed by atoms with E-state index in [2.05, 4.69) is 6.92 Å². The highest BCUT2D eigenvalue weighted by molar-refractivity contribution is 4.49. The molecule has 2 heteroatoms. The van der Waals surface area contributed by atoms with Crippen LogP contribution in [0.3, 0.4) is 0 Å². The fourth-order valence-corrected chi connectivity index (χ4v) is 2.34. The molecule has 0 radical (unpaired) electrons. The summed E-state index contributed by atoms with van der Waals surface area (Å²) >= 11 is 0. The maximum atomic E-state index is 5.47. The van der Waals surface area contributed by atoms with E-state index in [0.717, 1.165) is 6.54 Å². The Labute approximate surface area is 116 Å². The van der Waals surface area contributed by atoms with E-state index in [0.29, 0.717) is 0 Å². The third-order valence-corrected chi connectivity index (χ3v) is 3.56. The first-order valence-corrected chi connectivity index (χ1v) is 8.12. The predicted octanol–water partition coefficient (Wildman–Crippen LogP) is 5.59. The van der Waals surface area contributed by atoms with E-state index in [1.165, 1.54) is 89.9 Å². The summed E-state index contributed by atoms with van der Waals surface area (Å²) in [5.74, 6) is 0. The molecule has 0 atom stereocenters. The first-order valence-electron chi connectivity index (χ1n) is 8.12. The highest BCUT2D eigenvalue weighted by Crippen LogP contribution is 2.12. The fraction of sp³-hybridized carbons (Fsp3) is 1.00. The van der Waals surface area contributed by atoms with Crippen LogP contribution in [0.2, 0.25) is 0 Å². The second-order valence-electron chi connectivity index (χ2n) is 5.38. The van der Waals surface area contributed by atoms with Crippen LogP contribution >= 0.6 is 0 Å². The molecule has 0 unspecified atom stereocenters. The van der Waals surface area contributed by atoms with Gasteiger partial charge in [0.15, 0.2) is 0 Å². The SMILES string of the molecule is CCCCCCCCCCCCCCCCN.N. The van der Waals surface area contributed by atoms with Gasteiger partial charge in [0.05, 0.1) is 0 Å². The Balaban J connectivity index is 0. The van der Waals surface area contributed by atoms with Crippen molar-refractivity contribution < 1.29 is 0 Å². The monoisotopic (exact) mass is 258 g/mol. The van der Waals surface area contributed by atoms with Crippen molar-refractivity contribution in [3.63, 3.8) is 0 Å². The lowest BCUT2D eigenvalue weighted by Crippen LogP contribution is -1.97. The van der Waals surface area contributed by atoms with Gasteiger partial charge in [0, 0.05) is 0 Å². The minimum absolute atomic E-state index is 0. The van der Waals surface area contributed by atoms with E-state index in [4.69, 9.17) is 5.73 Å². The van der Waals surface area contributed by atoms with Crippen LogP contribution in [0.1, 0.15) is 96.8 Å². The fourth-order valence-electron chi connectivity index (χ4n) is 2.34. The van der Waals surface area contributed by atoms with Crippen LogP contribution in [-0.2, 0) is 0 Å². The van der Waals surface area contributed by atoms with Gasteiger partial charge >= 0.3 is 0 Å². The molecule has 18 heavy (non-hydrogen) atoms. The van der Waals surface area contributed by atoms with Crippen molar-refractivity contribution in [2.45, 2.75) is 96.8 Å². The molecule has 0 aromatic carbocycles. The Morgan fingerprint density at radius 1 is 0.500 bits per heavy atom. The second kappa shape index (κ2) is 19.3. The third-order valence-electron chi connectivity index (χ3n) is 3.56. The van der Waals surface area contributed by atoms with Crippen molar-refractivity contribution in [2.24, 2.45) is 5.73 Å². The van der Waals surface area contributed by atoms with Gasteiger partial charge < -0.3 is 11.9 Å². The van der Waals surface area contributed by atoms with E-state index < -0.39 is 0 Å². The van der Waals surface area contributed by atoms with Crippen LogP contribution in [0.15, 0.2) is 0 Å². The molecule has 0 heterocycles. The molecule has 0 aliphatic rings. The summed E-state index contributed by atoms with van der Waals surface area (Å²) in [6, 6.07) is 0. The number of unbranched alkanes of at least 4 members (excludes halogenated alkanes) is 13. The van der Waals surface area contributed by atoms with Crippen molar-refractivity contribution in [3.05, 3.63) is 0 Å². The lowest BCUT2D eigenvalue weighted by Gasteiger charge is -2.02. The molecular formula is C16H38N2. The molecule has 0 amide bonds. The van der Waals surface area contributed by atoms with Crippen LogP contribution in [0.25, 0.3) is 0 Å². The lowest BCUT2D eigenvalue weighted by molar-refractivity contribution is 0.536. The first-order chi connectivity index (χ1) is 8.41. The van der Waals surface area contributed by atoms with Gasteiger partial charge in [-0.1, -0.05) is 90.4 Å². The second-order valence-corrected chi connectivity index (χ2v) is 5.38. The first kappa shape index (κ1) is 20.2. The minimum atomic E-state index is 0. The van der Waals surface area contributed by atoms with E-state index in [-0.39, 0.29) is 6.15 Å². The van der Waals surface area contributed by atoms with E-state index in [1.54, 1.807) is 0 Å². The topological polar surface area (TPSA) is 61.0 Å². The van der Waals surface area contributed by atoms with E-state index >= 15 is 0 Å². The molecule has 0 aliphatic heterocycles. The number of nitrogens with two attached hydrogens (primary N) is 1. The number of hydrogen-bond donors (Lipinski definition) is 2. The highest BCUT2D eigenvalue weighted by Gasteiger charge is 1.93. The highest BCUT2D eigenvalue weighted by atomic mass is 14.5. The zero-order valence-corrected chi connectivity index (χ0v) is 12.9. The smallest absolute Gasteiger partial charge is 0.00773 e. The molecule has 112 valence electrons. The Morgan fingerprint density at radius 2 is 0.778 bits per heavy atom. The molecule has 0 aliphatic carbocycles. The summed E-state index contributed by atoms with van der Waals surface area (Å²) in [5, 5.41) is 0. The Kier molecular flexibility index (Phi) is 21.7. The van der Waals surface area contributed by atoms with Gasteiger partial charge in [-0.05, 0) is 13.0 Å². The van der Waals surface area contributed by atoms with Crippen LogP contribution in [-0.4, -0.2) is 6.54 Å². The van der Waals surface area contributed by atoms with Gasteiger partial charge in [0.1, 0.15) is 0 Å². The average molecular weight is 258 g/mol. The number of hydrogen-bond acceptors (Lipinski definition) is 2. The minimum Gasteiger partial charge on any atom is -0.344 e. The molecular weight excluding hydrogens is 220 g/mol.